The number of anilines is 1. The van der Waals surface area contributed by atoms with Crippen LogP contribution in [0, 0.1) is 16.7 Å². The Hall–Kier alpha value is -2.64. The standard InChI is InChI=1S/C18H13ClN2O2/c19-13-6-7-15(21-17(23)18(11-20)8-9-18)14(10-13)16(22)12-4-2-1-3-5-12/h1-7,10H,8-9H2,(H,21,23). The molecule has 0 aliphatic heterocycles. The van der Waals surface area contributed by atoms with Crippen LogP contribution in [0.15, 0.2) is 48.5 Å². The highest BCUT2D eigenvalue weighted by Gasteiger charge is 2.50. The van der Waals surface area contributed by atoms with Crippen molar-refractivity contribution in [1.29, 1.82) is 5.26 Å². The summed E-state index contributed by atoms with van der Waals surface area (Å²) in [6, 6.07) is 15.5. The predicted octanol–water partition coefficient (Wildman–Crippen LogP) is 3.81. The summed E-state index contributed by atoms with van der Waals surface area (Å²) in [4.78, 5) is 24.9. The smallest absolute Gasteiger partial charge is 0.244 e. The van der Waals surface area contributed by atoms with Gasteiger partial charge in [-0.1, -0.05) is 41.9 Å². The van der Waals surface area contributed by atoms with Crippen molar-refractivity contribution >= 4 is 29.0 Å². The molecule has 0 unspecified atom stereocenters. The summed E-state index contributed by atoms with van der Waals surface area (Å²) in [6.07, 6.45) is 1.09. The Balaban J connectivity index is 1.94. The SMILES string of the molecule is N#CC1(C(=O)Nc2ccc(Cl)cc2C(=O)c2ccccc2)CC1. The van der Waals surface area contributed by atoms with Crippen LogP contribution >= 0.6 is 11.6 Å². The van der Waals surface area contributed by atoms with E-state index in [0.29, 0.717) is 34.7 Å². The second kappa shape index (κ2) is 5.86. The first-order chi connectivity index (χ1) is 11.1. The van der Waals surface area contributed by atoms with Crippen molar-refractivity contribution in [3.05, 3.63) is 64.7 Å². The molecular formula is C18H13ClN2O2. The number of carbonyl (C=O) groups excluding carboxylic acids is 2. The van der Waals surface area contributed by atoms with E-state index >= 15 is 0 Å². The van der Waals surface area contributed by atoms with Gasteiger partial charge in [0.2, 0.25) is 5.91 Å². The molecule has 114 valence electrons. The average Bonchev–Trinajstić information content (AvgIpc) is 3.38. The fraction of sp³-hybridized carbons (Fsp3) is 0.167. The van der Waals surface area contributed by atoms with Crippen molar-refractivity contribution in [1.82, 2.24) is 0 Å². The van der Waals surface area contributed by atoms with E-state index in [0.717, 1.165) is 0 Å². The first-order valence-corrected chi connectivity index (χ1v) is 7.55. The Morgan fingerprint density at radius 2 is 1.83 bits per heavy atom. The zero-order valence-corrected chi connectivity index (χ0v) is 12.9. The fourth-order valence-electron chi connectivity index (χ4n) is 2.31. The van der Waals surface area contributed by atoms with Crippen LogP contribution in [-0.4, -0.2) is 11.7 Å². The quantitative estimate of drug-likeness (QED) is 0.869. The van der Waals surface area contributed by atoms with Gasteiger partial charge in [0.15, 0.2) is 5.78 Å². The lowest BCUT2D eigenvalue weighted by Crippen LogP contribution is -2.24. The molecule has 0 spiro atoms. The average molecular weight is 325 g/mol. The van der Waals surface area contributed by atoms with E-state index < -0.39 is 5.41 Å². The first-order valence-electron chi connectivity index (χ1n) is 7.18. The van der Waals surface area contributed by atoms with Crippen molar-refractivity contribution in [2.75, 3.05) is 5.32 Å². The summed E-state index contributed by atoms with van der Waals surface area (Å²) in [5.74, 6) is -0.602. The number of rotatable bonds is 4. The van der Waals surface area contributed by atoms with Crippen LogP contribution < -0.4 is 5.32 Å². The lowest BCUT2D eigenvalue weighted by molar-refractivity contribution is -0.119. The second-order valence-corrected chi connectivity index (χ2v) is 5.97. The molecule has 1 saturated carbocycles. The molecule has 5 heteroatoms. The van der Waals surface area contributed by atoms with Crippen molar-refractivity contribution in [2.24, 2.45) is 5.41 Å². The summed E-state index contributed by atoms with van der Waals surface area (Å²) in [5, 5.41) is 12.2. The Kier molecular flexibility index (Phi) is 3.89. The number of ketones is 1. The van der Waals surface area contributed by atoms with Gasteiger partial charge in [0.1, 0.15) is 5.41 Å². The maximum atomic E-state index is 12.7. The lowest BCUT2D eigenvalue weighted by Gasteiger charge is -2.13. The molecule has 0 atom stereocenters. The van der Waals surface area contributed by atoms with E-state index in [9.17, 15) is 9.59 Å². The van der Waals surface area contributed by atoms with E-state index in [2.05, 4.69) is 5.32 Å². The Bertz CT molecular complexity index is 821. The van der Waals surface area contributed by atoms with Crippen LogP contribution in [0.25, 0.3) is 0 Å². The monoisotopic (exact) mass is 324 g/mol. The zero-order valence-electron chi connectivity index (χ0n) is 12.2. The molecule has 0 aromatic heterocycles. The maximum Gasteiger partial charge on any atom is 0.244 e. The topological polar surface area (TPSA) is 70.0 Å². The van der Waals surface area contributed by atoms with Crippen molar-refractivity contribution in [3.8, 4) is 6.07 Å². The van der Waals surface area contributed by atoms with Gasteiger partial charge in [0, 0.05) is 16.1 Å². The molecule has 0 saturated heterocycles. The molecule has 23 heavy (non-hydrogen) atoms. The molecule has 2 aromatic carbocycles. The highest BCUT2D eigenvalue weighted by atomic mass is 35.5. The summed E-state index contributed by atoms with van der Waals surface area (Å²) in [5.41, 5.74) is 0.236. The largest absolute Gasteiger partial charge is 0.324 e. The van der Waals surface area contributed by atoms with E-state index in [-0.39, 0.29) is 11.7 Å². The zero-order chi connectivity index (χ0) is 16.4. The molecule has 4 nitrogen and oxygen atoms in total. The van der Waals surface area contributed by atoms with Gasteiger partial charge in [0.25, 0.3) is 0 Å². The van der Waals surface area contributed by atoms with Gasteiger partial charge in [-0.05, 0) is 31.0 Å². The number of hydrogen-bond acceptors (Lipinski definition) is 3. The summed E-state index contributed by atoms with van der Waals surface area (Å²) in [7, 11) is 0. The number of halogens is 1. The number of hydrogen-bond donors (Lipinski definition) is 1. The van der Waals surface area contributed by atoms with E-state index in [1.807, 2.05) is 12.1 Å². The van der Waals surface area contributed by atoms with Gasteiger partial charge in [0.05, 0.1) is 11.8 Å². The van der Waals surface area contributed by atoms with Crippen LogP contribution in [0.3, 0.4) is 0 Å². The second-order valence-electron chi connectivity index (χ2n) is 5.53. The summed E-state index contributed by atoms with van der Waals surface area (Å²) in [6.45, 7) is 0. The van der Waals surface area contributed by atoms with E-state index in [1.54, 1.807) is 36.4 Å². The number of benzene rings is 2. The minimum Gasteiger partial charge on any atom is -0.324 e. The molecule has 1 aliphatic rings. The van der Waals surface area contributed by atoms with Crippen molar-refractivity contribution in [3.63, 3.8) is 0 Å². The third kappa shape index (κ3) is 2.96. The summed E-state index contributed by atoms with van der Waals surface area (Å²) < 4.78 is 0. The molecular weight excluding hydrogens is 312 g/mol. The normalized spacial score (nSPS) is 14.6. The lowest BCUT2D eigenvalue weighted by atomic mass is 10.0. The molecule has 1 amide bonds. The number of nitriles is 1. The Morgan fingerprint density at radius 3 is 2.43 bits per heavy atom. The van der Waals surface area contributed by atoms with Gasteiger partial charge >= 0.3 is 0 Å². The van der Waals surface area contributed by atoms with Gasteiger partial charge in [-0.2, -0.15) is 5.26 Å². The van der Waals surface area contributed by atoms with Crippen molar-refractivity contribution in [2.45, 2.75) is 12.8 Å². The number of nitrogens with zero attached hydrogens (tertiary/aromatic N) is 1. The Morgan fingerprint density at radius 1 is 1.13 bits per heavy atom. The van der Waals surface area contributed by atoms with Crippen LogP contribution in [-0.2, 0) is 4.79 Å². The molecule has 1 aliphatic carbocycles. The molecule has 1 N–H and O–H groups in total. The first kappa shape index (κ1) is 15.3. The van der Waals surface area contributed by atoms with Gasteiger partial charge in [-0.15, -0.1) is 0 Å². The van der Waals surface area contributed by atoms with Crippen LogP contribution in [0.5, 0.6) is 0 Å². The number of nitrogens with one attached hydrogen (secondary N) is 1. The summed E-state index contributed by atoms with van der Waals surface area (Å²) >= 11 is 6.00. The third-order valence-electron chi connectivity index (χ3n) is 3.91. The van der Waals surface area contributed by atoms with Gasteiger partial charge < -0.3 is 5.32 Å². The molecule has 0 bridgehead atoms. The highest BCUT2D eigenvalue weighted by molar-refractivity contribution is 6.31. The van der Waals surface area contributed by atoms with E-state index in [1.165, 1.54) is 6.07 Å². The molecule has 3 rings (SSSR count). The van der Waals surface area contributed by atoms with Crippen LogP contribution in [0.1, 0.15) is 28.8 Å². The molecule has 0 heterocycles. The number of carbonyl (C=O) groups is 2. The van der Waals surface area contributed by atoms with Gasteiger partial charge in [-0.25, -0.2) is 0 Å². The van der Waals surface area contributed by atoms with Crippen LogP contribution in [0.2, 0.25) is 5.02 Å². The molecule has 2 aromatic rings. The third-order valence-corrected chi connectivity index (χ3v) is 4.14. The molecule has 1 fully saturated rings. The molecule has 0 radical (unpaired) electrons. The van der Waals surface area contributed by atoms with Gasteiger partial charge in [-0.3, -0.25) is 9.59 Å². The van der Waals surface area contributed by atoms with E-state index in [4.69, 9.17) is 16.9 Å². The Labute approximate surface area is 138 Å². The fourth-order valence-corrected chi connectivity index (χ4v) is 2.49. The maximum absolute atomic E-state index is 12.7. The van der Waals surface area contributed by atoms with Crippen LogP contribution in [0.4, 0.5) is 5.69 Å². The minimum absolute atomic E-state index is 0.231. The van der Waals surface area contributed by atoms with Crippen molar-refractivity contribution < 1.29 is 9.59 Å². The highest BCUT2D eigenvalue weighted by Crippen LogP contribution is 2.46. The predicted molar refractivity (Wildman–Crippen MR) is 87.2 cm³/mol. The number of amides is 1. The minimum atomic E-state index is -0.952.